The van der Waals surface area contributed by atoms with E-state index in [0.717, 1.165) is 24.2 Å². The average molecular weight is 359 g/mol. The molecule has 0 unspecified atom stereocenters. The predicted molar refractivity (Wildman–Crippen MR) is 104 cm³/mol. The Bertz CT molecular complexity index is 832. The lowest BCUT2D eigenvalue weighted by Gasteiger charge is -2.31. The first-order valence-electron chi connectivity index (χ1n) is 8.41. The summed E-state index contributed by atoms with van der Waals surface area (Å²) < 4.78 is 26.0. The first-order chi connectivity index (χ1) is 11.8. The van der Waals surface area contributed by atoms with Crippen molar-refractivity contribution >= 4 is 21.4 Å². The quantitative estimate of drug-likeness (QED) is 0.861. The molecular weight excluding hydrogens is 334 g/mol. The minimum atomic E-state index is -3.24. The first-order valence-corrected chi connectivity index (χ1v) is 10.3. The standard InChI is InChI=1S/C19H25N3O2S/c1-21(2)17-10-8-16(9-11-17)19(14-20-25(3,23)24)22-13-12-15-6-4-5-7-18(15)22/h4-11,19-20H,12-14H2,1-3H3/t19-/m0/s1. The number of hydrogen-bond donors (Lipinski definition) is 1. The van der Waals surface area contributed by atoms with Gasteiger partial charge < -0.3 is 9.80 Å². The summed E-state index contributed by atoms with van der Waals surface area (Å²) in [6.45, 7) is 1.25. The molecule has 1 atom stereocenters. The molecule has 134 valence electrons. The Morgan fingerprint density at radius 2 is 1.80 bits per heavy atom. The number of fused-ring (bicyclic) bond motifs is 1. The Balaban J connectivity index is 1.93. The van der Waals surface area contributed by atoms with Gasteiger partial charge in [-0.05, 0) is 35.7 Å². The van der Waals surface area contributed by atoms with E-state index in [1.165, 1.54) is 17.5 Å². The van der Waals surface area contributed by atoms with Gasteiger partial charge in [-0.1, -0.05) is 30.3 Å². The second kappa shape index (κ2) is 7.06. The molecular formula is C19H25N3O2S. The molecule has 2 aromatic rings. The van der Waals surface area contributed by atoms with E-state index < -0.39 is 10.0 Å². The molecule has 0 aromatic heterocycles. The van der Waals surface area contributed by atoms with Crippen molar-refractivity contribution in [3.63, 3.8) is 0 Å². The average Bonchev–Trinajstić information content (AvgIpc) is 2.99. The van der Waals surface area contributed by atoms with Crippen LogP contribution in [0, 0.1) is 0 Å². The van der Waals surface area contributed by atoms with E-state index in [9.17, 15) is 8.42 Å². The summed E-state index contributed by atoms with van der Waals surface area (Å²) in [5.74, 6) is 0. The highest BCUT2D eigenvalue weighted by Gasteiger charge is 2.27. The Hall–Kier alpha value is -2.05. The molecule has 1 aliphatic heterocycles. The molecule has 1 aliphatic rings. The molecule has 25 heavy (non-hydrogen) atoms. The van der Waals surface area contributed by atoms with E-state index in [0.29, 0.717) is 6.54 Å². The maximum absolute atomic E-state index is 11.6. The van der Waals surface area contributed by atoms with Crippen LogP contribution in [0.1, 0.15) is 17.2 Å². The van der Waals surface area contributed by atoms with Gasteiger partial charge in [-0.3, -0.25) is 0 Å². The van der Waals surface area contributed by atoms with Gasteiger partial charge in [0.2, 0.25) is 10.0 Å². The molecule has 0 aliphatic carbocycles. The number of sulfonamides is 1. The van der Waals surface area contributed by atoms with E-state index in [1.807, 2.05) is 20.2 Å². The van der Waals surface area contributed by atoms with Gasteiger partial charge in [0, 0.05) is 38.6 Å². The van der Waals surface area contributed by atoms with Crippen LogP contribution in [0.4, 0.5) is 11.4 Å². The third-order valence-corrected chi connectivity index (χ3v) is 5.32. The highest BCUT2D eigenvalue weighted by Crippen LogP contribution is 2.35. The number of anilines is 2. The van der Waals surface area contributed by atoms with Crippen LogP contribution in [-0.2, 0) is 16.4 Å². The maximum Gasteiger partial charge on any atom is 0.208 e. The largest absolute Gasteiger partial charge is 0.378 e. The summed E-state index contributed by atoms with van der Waals surface area (Å²) in [5.41, 5.74) is 4.75. The summed E-state index contributed by atoms with van der Waals surface area (Å²) in [6.07, 6.45) is 2.19. The summed E-state index contributed by atoms with van der Waals surface area (Å²) in [5, 5.41) is 0. The molecule has 0 amide bonds. The smallest absolute Gasteiger partial charge is 0.208 e. The van der Waals surface area contributed by atoms with Gasteiger partial charge in [-0.15, -0.1) is 0 Å². The fraction of sp³-hybridized carbons (Fsp3) is 0.368. The molecule has 2 aromatic carbocycles. The van der Waals surface area contributed by atoms with Crippen LogP contribution >= 0.6 is 0 Å². The summed E-state index contributed by atoms with van der Waals surface area (Å²) in [6, 6.07) is 16.6. The van der Waals surface area contributed by atoms with Gasteiger partial charge in [0.05, 0.1) is 12.3 Å². The first kappa shape index (κ1) is 17.8. The molecule has 1 N–H and O–H groups in total. The van der Waals surface area contributed by atoms with Crippen molar-refractivity contribution in [2.24, 2.45) is 0 Å². The third kappa shape index (κ3) is 4.14. The van der Waals surface area contributed by atoms with E-state index in [1.54, 1.807) is 0 Å². The van der Waals surface area contributed by atoms with Crippen molar-refractivity contribution in [2.45, 2.75) is 12.5 Å². The van der Waals surface area contributed by atoms with Crippen molar-refractivity contribution in [3.8, 4) is 0 Å². The molecule has 0 spiro atoms. The van der Waals surface area contributed by atoms with Crippen molar-refractivity contribution in [2.75, 3.05) is 43.2 Å². The lowest BCUT2D eigenvalue weighted by Crippen LogP contribution is -2.37. The molecule has 0 saturated carbocycles. The zero-order valence-electron chi connectivity index (χ0n) is 14.9. The second-order valence-corrected chi connectivity index (χ2v) is 8.53. The number of para-hydroxylation sites is 1. The minimum absolute atomic E-state index is 0.0328. The van der Waals surface area contributed by atoms with Crippen molar-refractivity contribution in [1.29, 1.82) is 0 Å². The number of rotatable bonds is 6. The van der Waals surface area contributed by atoms with E-state index in [-0.39, 0.29) is 6.04 Å². The Morgan fingerprint density at radius 1 is 1.12 bits per heavy atom. The van der Waals surface area contributed by atoms with Crippen molar-refractivity contribution < 1.29 is 8.42 Å². The van der Waals surface area contributed by atoms with Crippen LogP contribution in [0.25, 0.3) is 0 Å². The Labute approximate surface area is 150 Å². The second-order valence-electron chi connectivity index (χ2n) is 6.69. The molecule has 1 heterocycles. The molecule has 0 fully saturated rings. The van der Waals surface area contributed by atoms with E-state index >= 15 is 0 Å². The van der Waals surface area contributed by atoms with E-state index in [4.69, 9.17) is 0 Å². The molecule has 3 rings (SSSR count). The third-order valence-electron chi connectivity index (χ3n) is 4.63. The van der Waals surface area contributed by atoms with Crippen molar-refractivity contribution in [3.05, 3.63) is 59.7 Å². The zero-order chi connectivity index (χ0) is 18.0. The lowest BCUT2D eigenvalue weighted by molar-refractivity contribution is 0.568. The molecule has 5 nitrogen and oxygen atoms in total. The summed E-state index contributed by atoms with van der Waals surface area (Å²) in [7, 11) is 0.776. The molecule has 6 heteroatoms. The summed E-state index contributed by atoms with van der Waals surface area (Å²) in [4.78, 5) is 4.36. The summed E-state index contributed by atoms with van der Waals surface area (Å²) >= 11 is 0. The fourth-order valence-electron chi connectivity index (χ4n) is 3.32. The topological polar surface area (TPSA) is 52.7 Å². The number of benzene rings is 2. The van der Waals surface area contributed by atoms with Gasteiger partial charge in [0.25, 0.3) is 0 Å². The van der Waals surface area contributed by atoms with Crippen LogP contribution in [0.2, 0.25) is 0 Å². The minimum Gasteiger partial charge on any atom is -0.378 e. The lowest BCUT2D eigenvalue weighted by atomic mass is 10.0. The van der Waals surface area contributed by atoms with Gasteiger partial charge >= 0.3 is 0 Å². The van der Waals surface area contributed by atoms with Crippen LogP contribution < -0.4 is 14.5 Å². The van der Waals surface area contributed by atoms with Gasteiger partial charge in [-0.2, -0.15) is 0 Å². The van der Waals surface area contributed by atoms with Crippen LogP contribution in [0.3, 0.4) is 0 Å². The number of hydrogen-bond acceptors (Lipinski definition) is 4. The van der Waals surface area contributed by atoms with Crippen LogP contribution in [-0.4, -0.2) is 41.9 Å². The SMILES string of the molecule is CN(C)c1ccc([C@H](CNS(C)(=O)=O)N2CCc3ccccc32)cc1. The highest BCUT2D eigenvalue weighted by atomic mass is 32.2. The van der Waals surface area contributed by atoms with Gasteiger partial charge in [0.1, 0.15) is 0 Å². The van der Waals surface area contributed by atoms with Crippen molar-refractivity contribution in [1.82, 2.24) is 4.72 Å². The number of nitrogens with one attached hydrogen (secondary N) is 1. The predicted octanol–water partition coefficient (Wildman–Crippen LogP) is 2.41. The normalized spacial score (nSPS) is 15.1. The Morgan fingerprint density at radius 3 is 2.44 bits per heavy atom. The van der Waals surface area contributed by atoms with Gasteiger partial charge in [0.15, 0.2) is 0 Å². The number of nitrogens with zero attached hydrogens (tertiary/aromatic N) is 2. The van der Waals surface area contributed by atoms with E-state index in [2.05, 4.69) is 57.0 Å². The molecule has 0 radical (unpaired) electrons. The Kier molecular flexibility index (Phi) is 5.01. The zero-order valence-corrected chi connectivity index (χ0v) is 15.8. The van der Waals surface area contributed by atoms with Crippen LogP contribution in [0.15, 0.2) is 48.5 Å². The van der Waals surface area contributed by atoms with Crippen LogP contribution in [0.5, 0.6) is 0 Å². The fourth-order valence-corrected chi connectivity index (χ4v) is 3.78. The van der Waals surface area contributed by atoms with Gasteiger partial charge in [-0.25, -0.2) is 13.1 Å². The molecule has 0 saturated heterocycles. The highest BCUT2D eigenvalue weighted by molar-refractivity contribution is 7.88. The monoisotopic (exact) mass is 359 g/mol. The molecule has 0 bridgehead atoms. The maximum atomic E-state index is 11.6.